The first-order chi connectivity index (χ1) is 8.71. The Morgan fingerprint density at radius 1 is 1.05 bits per heavy atom. The SMILES string of the molecule is Cc1cc(O)c(O)cc1-c1c(C(C)(C)C)[nH][nH]c1=O. The van der Waals surface area contributed by atoms with Crippen LogP contribution in [-0.2, 0) is 5.41 Å². The normalized spacial score (nSPS) is 11.8. The highest BCUT2D eigenvalue weighted by Crippen LogP contribution is 2.36. The topological polar surface area (TPSA) is 89.1 Å². The molecule has 102 valence electrons. The Kier molecular flexibility index (Phi) is 2.92. The number of aromatic nitrogens is 2. The van der Waals surface area contributed by atoms with Gasteiger partial charge in [-0.1, -0.05) is 20.8 Å². The number of H-pyrrole nitrogens is 2. The van der Waals surface area contributed by atoms with Gasteiger partial charge in [0.25, 0.3) is 5.56 Å². The summed E-state index contributed by atoms with van der Waals surface area (Å²) in [5.41, 5.74) is 2.13. The maximum atomic E-state index is 12.0. The number of hydrogen-bond donors (Lipinski definition) is 4. The highest BCUT2D eigenvalue weighted by molar-refractivity contribution is 5.72. The van der Waals surface area contributed by atoms with Crippen LogP contribution in [0, 0.1) is 6.92 Å². The molecule has 19 heavy (non-hydrogen) atoms. The van der Waals surface area contributed by atoms with E-state index in [0.717, 1.165) is 11.3 Å². The van der Waals surface area contributed by atoms with Crippen LogP contribution in [0.3, 0.4) is 0 Å². The molecule has 4 N–H and O–H groups in total. The van der Waals surface area contributed by atoms with Gasteiger partial charge in [-0.3, -0.25) is 9.89 Å². The van der Waals surface area contributed by atoms with Gasteiger partial charge in [-0.15, -0.1) is 0 Å². The lowest BCUT2D eigenvalue weighted by Gasteiger charge is -2.19. The van der Waals surface area contributed by atoms with Crippen molar-refractivity contribution in [2.75, 3.05) is 0 Å². The smallest absolute Gasteiger partial charge is 0.272 e. The van der Waals surface area contributed by atoms with Crippen molar-refractivity contribution >= 4 is 0 Å². The largest absolute Gasteiger partial charge is 0.504 e. The van der Waals surface area contributed by atoms with Gasteiger partial charge in [0, 0.05) is 5.41 Å². The zero-order valence-electron chi connectivity index (χ0n) is 11.5. The standard InChI is InChI=1S/C14H18N2O3/c1-7-5-9(17)10(18)6-8(7)11-12(14(2,3)4)15-16-13(11)19/h5-6,17-18H,1-4H3,(H2,15,16,19). The van der Waals surface area contributed by atoms with Crippen LogP contribution in [-0.4, -0.2) is 20.4 Å². The van der Waals surface area contributed by atoms with E-state index in [1.807, 2.05) is 20.8 Å². The molecule has 0 saturated carbocycles. The zero-order valence-corrected chi connectivity index (χ0v) is 11.5. The van der Waals surface area contributed by atoms with Crippen LogP contribution in [0.15, 0.2) is 16.9 Å². The minimum absolute atomic E-state index is 0.189. The third-order valence-electron chi connectivity index (χ3n) is 3.12. The number of rotatable bonds is 1. The molecule has 1 aromatic heterocycles. The summed E-state index contributed by atoms with van der Waals surface area (Å²) in [6, 6.07) is 2.86. The second kappa shape index (κ2) is 4.19. The van der Waals surface area contributed by atoms with E-state index in [9.17, 15) is 15.0 Å². The van der Waals surface area contributed by atoms with E-state index in [-0.39, 0.29) is 22.5 Å². The number of phenolic OH excluding ortho intramolecular Hbond substituents is 2. The molecule has 0 spiro atoms. The second-order valence-electron chi connectivity index (χ2n) is 5.73. The van der Waals surface area contributed by atoms with Crippen LogP contribution >= 0.6 is 0 Å². The molecule has 0 atom stereocenters. The maximum Gasteiger partial charge on any atom is 0.272 e. The molecule has 0 aliphatic carbocycles. The number of hydrogen-bond acceptors (Lipinski definition) is 3. The van der Waals surface area contributed by atoms with Crippen molar-refractivity contribution in [2.45, 2.75) is 33.1 Å². The van der Waals surface area contributed by atoms with Crippen LogP contribution in [0.2, 0.25) is 0 Å². The Bertz CT molecular complexity index is 675. The Hall–Kier alpha value is -2.17. The molecule has 0 bridgehead atoms. The number of aryl methyl sites for hydroxylation is 1. The number of benzene rings is 1. The van der Waals surface area contributed by atoms with E-state index >= 15 is 0 Å². The second-order valence-corrected chi connectivity index (χ2v) is 5.73. The quantitative estimate of drug-likeness (QED) is 0.595. The highest BCUT2D eigenvalue weighted by atomic mass is 16.3. The van der Waals surface area contributed by atoms with Gasteiger partial charge in [-0.05, 0) is 30.2 Å². The van der Waals surface area contributed by atoms with Crippen molar-refractivity contribution in [2.24, 2.45) is 0 Å². The summed E-state index contributed by atoms with van der Waals surface area (Å²) in [6.07, 6.45) is 0. The van der Waals surface area contributed by atoms with E-state index in [1.54, 1.807) is 6.92 Å². The number of nitrogens with one attached hydrogen (secondary N) is 2. The van der Waals surface area contributed by atoms with Crippen LogP contribution in [0.25, 0.3) is 11.1 Å². The van der Waals surface area contributed by atoms with E-state index in [0.29, 0.717) is 11.1 Å². The van der Waals surface area contributed by atoms with Gasteiger partial charge in [0.05, 0.1) is 11.3 Å². The van der Waals surface area contributed by atoms with Gasteiger partial charge in [-0.2, -0.15) is 0 Å². The van der Waals surface area contributed by atoms with Crippen molar-refractivity contribution in [1.29, 1.82) is 0 Å². The molecule has 5 heteroatoms. The maximum absolute atomic E-state index is 12.0. The molecule has 5 nitrogen and oxygen atoms in total. The molecule has 0 fully saturated rings. The molecule has 0 saturated heterocycles. The zero-order chi connectivity index (χ0) is 14.4. The molecule has 1 heterocycles. The minimum Gasteiger partial charge on any atom is -0.504 e. The Labute approximate surface area is 110 Å². The fraction of sp³-hybridized carbons (Fsp3) is 0.357. The highest BCUT2D eigenvalue weighted by Gasteiger charge is 2.24. The third kappa shape index (κ3) is 2.23. The Morgan fingerprint density at radius 2 is 1.63 bits per heavy atom. The average molecular weight is 262 g/mol. The van der Waals surface area contributed by atoms with Gasteiger partial charge < -0.3 is 15.3 Å². The van der Waals surface area contributed by atoms with Crippen molar-refractivity contribution in [1.82, 2.24) is 10.2 Å². The summed E-state index contributed by atoms with van der Waals surface area (Å²) in [4.78, 5) is 12.0. The lowest BCUT2D eigenvalue weighted by molar-refractivity contribution is 0.403. The van der Waals surface area contributed by atoms with E-state index < -0.39 is 0 Å². The molecule has 2 aromatic rings. The molecule has 0 aliphatic heterocycles. The van der Waals surface area contributed by atoms with Crippen molar-refractivity contribution < 1.29 is 10.2 Å². The first-order valence-corrected chi connectivity index (χ1v) is 6.06. The first kappa shape index (κ1) is 13.3. The molecule has 2 rings (SSSR count). The summed E-state index contributed by atoms with van der Waals surface area (Å²) in [5, 5.41) is 24.6. The first-order valence-electron chi connectivity index (χ1n) is 6.06. The number of aromatic amines is 2. The van der Waals surface area contributed by atoms with Gasteiger partial charge in [-0.25, -0.2) is 0 Å². The summed E-state index contributed by atoms with van der Waals surface area (Å²) >= 11 is 0. The van der Waals surface area contributed by atoms with Crippen molar-refractivity contribution in [3.05, 3.63) is 33.7 Å². The van der Waals surface area contributed by atoms with E-state index in [1.165, 1.54) is 12.1 Å². The monoisotopic (exact) mass is 262 g/mol. The van der Waals surface area contributed by atoms with Crippen molar-refractivity contribution in [3.8, 4) is 22.6 Å². The van der Waals surface area contributed by atoms with Gasteiger partial charge in [0.15, 0.2) is 11.5 Å². The molecular formula is C14H18N2O3. The molecule has 0 unspecified atom stereocenters. The Balaban J connectivity index is 2.76. The summed E-state index contributed by atoms with van der Waals surface area (Å²) < 4.78 is 0. The molecule has 1 aromatic carbocycles. The summed E-state index contributed by atoms with van der Waals surface area (Å²) in [5.74, 6) is -0.424. The number of aromatic hydroxyl groups is 2. The predicted octanol–water partition coefficient (Wildman–Crippen LogP) is 2.39. The summed E-state index contributed by atoms with van der Waals surface area (Å²) in [7, 11) is 0. The molecule has 0 amide bonds. The van der Waals surface area contributed by atoms with Gasteiger partial charge >= 0.3 is 0 Å². The van der Waals surface area contributed by atoms with Gasteiger partial charge in [0.1, 0.15) is 0 Å². The third-order valence-corrected chi connectivity index (χ3v) is 3.12. The van der Waals surface area contributed by atoms with Crippen LogP contribution < -0.4 is 5.56 Å². The lowest BCUT2D eigenvalue weighted by Crippen LogP contribution is -2.14. The fourth-order valence-electron chi connectivity index (χ4n) is 2.13. The lowest BCUT2D eigenvalue weighted by atomic mass is 9.86. The van der Waals surface area contributed by atoms with Crippen LogP contribution in [0.1, 0.15) is 32.0 Å². The van der Waals surface area contributed by atoms with E-state index in [4.69, 9.17) is 0 Å². The molecular weight excluding hydrogens is 244 g/mol. The predicted molar refractivity (Wildman–Crippen MR) is 73.6 cm³/mol. The van der Waals surface area contributed by atoms with Crippen LogP contribution in [0.5, 0.6) is 11.5 Å². The summed E-state index contributed by atoms with van der Waals surface area (Å²) in [6.45, 7) is 7.76. The minimum atomic E-state index is -0.242. The average Bonchev–Trinajstić information content (AvgIpc) is 2.65. The van der Waals surface area contributed by atoms with Crippen molar-refractivity contribution in [3.63, 3.8) is 0 Å². The number of phenols is 2. The fourth-order valence-corrected chi connectivity index (χ4v) is 2.13. The van der Waals surface area contributed by atoms with E-state index in [2.05, 4.69) is 10.2 Å². The Morgan fingerprint density at radius 3 is 2.21 bits per heavy atom. The molecule has 0 radical (unpaired) electrons. The van der Waals surface area contributed by atoms with Gasteiger partial charge in [0.2, 0.25) is 0 Å². The molecule has 0 aliphatic rings. The van der Waals surface area contributed by atoms with Crippen LogP contribution in [0.4, 0.5) is 0 Å².